The number of hydrogen-bond donors (Lipinski definition) is 3. The minimum absolute atomic E-state index is 0.224. The summed E-state index contributed by atoms with van der Waals surface area (Å²) in [7, 11) is 0. The van der Waals surface area contributed by atoms with Crippen LogP contribution < -0.4 is 5.32 Å². The molecule has 1 heterocycles. The molecule has 0 spiro atoms. The molecule has 0 saturated carbocycles. The molecule has 2 aromatic carbocycles. The van der Waals surface area contributed by atoms with Crippen molar-refractivity contribution >= 4 is 50.5 Å². The van der Waals surface area contributed by atoms with Crippen LogP contribution >= 0.6 is 27.5 Å². The maximum absolute atomic E-state index is 11.0. The van der Waals surface area contributed by atoms with Gasteiger partial charge in [-0.2, -0.15) is 0 Å². The maximum Gasteiger partial charge on any atom is 0.335 e. The van der Waals surface area contributed by atoms with E-state index >= 15 is 0 Å². The molecule has 3 rings (SSSR count). The Morgan fingerprint density at radius 2 is 2.14 bits per heavy atom. The van der Waals surface area contributed by atoms with Crippen molar-refractivity contribution in [3.05, 3.63) is 57.0 Å². The van der Waals surface area contributed by atoms with Crippen molar-refractivity contribution in [1.82, 2.24) is 9.97 Å². The zero-order valence-corrected chi connectivity index (χ0v) is 13.6. The quantitative estimate of drug-likeness (QED) is 0.631. The molecular formula is C15H11BrClN3O2. The van der Waals surface area contributed by atoms with E-state index in [0.29, 0.717) is 28.5 Å². The molecule has 7 heteroatoms. The van der Waals surface area contributed by atoms with Gasteiger partial charge in [-0.3, -0.25) is 0 Å². The summed E-state index contributed by atoms with van der Waals surface area (Å²) in [5, 5.41) is 12.8. The molecule has 0 bridgehead atoms. The van der Waals surface area contributed by atoms with Gasteiger partial charge in [-0.05, 0) is 42.0 Å². The van der Waals surface area contributed by atoms with E-state index in [4.69, 9.17) is 16.7 Å². The lowest BCUT2D eigenvalue weighted by atomic mass is 10.2. The molecule has 5 nitrogen and oxygen atoms in total. The molecule has 0 unspecified atom stereocenters. The number of nitrogens with zero attached hydrogens (tertiary/aromatic N) is 1. The van der Waals surface area contributed by atoms with Crippen molar-refractivity contribution in [2.75, 3.05) is 5.32 Å². The van der Waals surface area contributed by atoms with Crippen LogP contribution in [0.5, 0.6) is 0 Å². The first kappa shape index (κ1) is 14.9. The van der Waals surface area contributed by atoms with E-state index < -0.39 is 5.97 Å². The predicted octanol–water partition coefficient (Wildman–Crippen LogP) is 4.29. The van der Waals surface area contributed by atoms with Crippen LogP contribution in [0, 0.1) is 0 Å². The largest absolute Gasteiger partial charge is 0.478 e. The Balaban J connectivity index is 1.80. The number of fused-ring (bicyclic) bond motifs is 1. The predicted molar refractivity (Wildman–Crippen MR) is 89.5 cm³/mol. The van der Waals surface area contributed by atoms with E-state index in [1.54, 1.807) is 12.1 Å². The standard InChI is InChI=1S/C15H11BrClN3O2/c16-10-3-8(4-11(17)6-10)7-18-15-19-12-2-1-9(14(21)22)5-13(12)20-15/h1-6H,7H2,(H,21,22)(H2,18,19,20). The summed E-state index contributed by atoms with van der Waals surface area (Å²) in [6, 6.07) is 10.4. The number of carbonyl (C=O) groups is 1. The average molecular weight is 381 g/mol. The lowest BCUT2D eigenvalue weighted by Gasteiger charge is -2.04. The van der Waals surface area contributed by atoms with Crippen LogP contribution in [0.1, 0.15) is 15.9 Å². The molecule has 22 heavy (non-hydrogen) atoms. The first-order valence-corrected chi connectivity index (χ1v) is 7.60. The third kappa shape index (κ3) is 3.23. The fourth-order valence-electron chi connectivity index (χ4n) is 2.13. The van der Waals surface area contributed by atoms with Crippen molar-refractivity contribution in [3.8, 4) is 0 Å². The molecule has 0 aliphatic rings. The highest BCUT2D eigenvalue weighted by Crippen LogP contribution is 2.21. The summed E-state index contributed by atoms with van der Waals surface area (Å²) in [6.07, 6.45) is 0. The van der Waals surface area contributed by atoms with Gasteiger partial charge in [-0.15, -0.1) is 0 Å². The third-order valence-electron chi connectivity index (χ3n) is 3.11. The zero-order valence-electron chi connectivity index (χ0n) is 11.2. The van der Waals surface area contributed by atoms with Gasteiger partial charge in [-0.1, -0.05) is 27.5 Å². The fraction of sp³-hybridized carbons (Fsp3) is 0.0667. The maximum atomic E-state index is 11.0. The van der Waals surface area contributed by atoms with Crippen LogP contribution in [0.4, 0.5) is 5.95 Å². The summed E-state index contributed by atoms with van der Waals surface area (Å²) in [6.45, 7) is 0.546. The number of aromatic amines is 1. The summed E-state index contributed by atoms with van der Waals surface area (Å²) < 4.78 is 0.910. The summed E-state index contributed by atoms with van der Waals surface area (Å²) >= 11 is 9.40. The molecule has 0 radical (unpaired) electrons. The van der Waals surface area contributed by atoms with E-state index in [1.165, 1.54) is 6.07 Å². The normalized spacial score (nSPS) is 10.8. The number of anilines is 1. The topological polar surface area (TPSA) is 78.0 Å². The van der Waals surface area contributed by atoms with Gasteiger partial charge in [0.15, 0.2) is 0 Å². The number of imidazole rings is 1. The van der Waals surface area contributed by atoms with Gasteiger partial charge in [0.25, 0.3) is 0 Å². The number of halogens is 2. The third-order valence-corrected chi connectivity index (χ3v) is 3.79. The van der Waals surface area contributed by atoms with Gasteiger partial charge in [0.1, 0.15) is 0 Å². The molecular weight excluding hydrogens is 370 g/mol. The first-order valence-electron chi connectivity index (χ1n) is 6.43. The van der Waals surface area contributed by atoms with Crippen molar-refractivity contribution < 1.29 is 9.90 Å². The van der Waals surface area contributed by atoms with Crippen LogP contribution in [0.15, 0.2) is 40.9 Å². The molecule has 0 aliphatic heterocycles. The second kappa shape index (κ2) is 5.98. The molecule has 0 atom stereocenters. The number of aromatic carboxylic acids is 1. The monoisotopic (exact) mass is 379 g/mol. The van der Waals surface area contributed by atoms with Crippen molar-refractivity contribution in [2.24, 2.45) is 0 Å². The van der Waals surface area contributed by atoms with Crippen molar-refractivity contribution in [3.63, 3.8) is 0 Å². The lowest BCUT2D eigenvalue weighted by Crippen LogP contribution is -2.00. The summed E-state index contributed by atoms with van der Waals surface area (Å²) in [4.78, 5) is 18.4. The number of aromatic nitrogens is 2. The van der Waals surface area contributed by atoms with Gasteiger partial charge in [0.2, 0.25) is 5.95 Å². The fourth-order valence-corrected chi connectivity index (χ4v) is 3.06. The zero-order chi connectivity index (χ0) is 15.7. The average Bonchev–Trinajstić information content (AvgIpc) is 2.85. The van der Waals surface area contributed by atoms with Crippen molar-refractivity contribution in [2.45, 2.75) is 6.54 Å². The molecule has 0 fully saturated rings. The van der Waals surface area contributed by atoms with Gasteiger partial charge in [0.05, 0.1) is 16.6 Å². The highest BCUT2D eigenvalue weighted by atomic mass is 79.9. The molecule has 0 saturated heterocycles. The number of rotatable bonds is 4. The van der Waals surface area contributed by atoms with Gasteiger partial charge >= 0.3 is 5.97 Å². The number of hydrogen-bond acceptors (Lipinski definition) is 3. The second-order valence-corrected chi connectivity index (χ2v) is 6.11. The Morgan fingerprint density at radius 3 is 2.86 bits per heavy atom. The molecule has 112 valence electrons. The van der Waals surface area contributed by atoms with Crippen LogP contribution in [-0.2, 0) is 6.54 Å². The molecule has 0 amide bonds. The highest BCUT2D eigenvalue weighted by Gasteiger charge is 2.07. The van der Waals surface area contributed by atoms with Crippen LogP contribution in [0.25, 0.3) is 11.0 Å². The van der Waals surface area contributed by atoms with E-state index in [9.17, 15) is 4.79 Å². The molecule has 1 aromatic heterocycles. The van der Waals surface area contributed by atoms with E-state index in [2.05, 4.69) is 31.2 Å². The Hall–Kier alpha value is -2.05. The first-order chi connectivity index (χ1) is 10.5. The number of H-pyrrole nitrogens is 1. The van der Waals surface area contributed by atoms with Crippen LogP contribution in [0.2, 0.25) is 5.02 Å². The molecule has 0 aliphatic carbocycles. The molecule has 3 aromatic rings. The molecule has 3 N–H and O–H groups in total. The Labute approximate surface area is 139 Å². The smallest absolute Gasteiger partial charge is 0.335 e. The van der Waals surface area contributed by atoms with Gasteiger partial charge in [-0.25, -0.2) is 9.78 Å². The highest BCUT2D eigenvalue weighted by molar-refractivity contribution is 9.10. The Morgan fingerprint density at radius 1 is 1.32 bits per heavy atom. The van der Waals surface area contributed by atoms with Crippen molar-refractivity contribution in [1.29, 1.82) is 0 Å². The lowest BCUT2D eigenvalue weighted by molar-refractivity contribution is 0.0697. The Bertz CT molecular complexity index is 843. The van der Waals surface area contributed by atoms with Crippen LogP contribution in [-0.4, -0.2) is 21.0 Å². The Kier molecular flexibility index (Phi) is 4.04. The minimum Gasteiger partial charge on any atom is -0.478 e. The number of nitrogens with one attached hydrogen (secondary N) is 2. The van der Waals surface area contributed by atoms with Gasteiger partial charge < -0.3 is 15.4 Å². The number of benzene rings is 2. The SMILES string of the molecule is O=C(O)c1ccc2nc(NCc3cc(Cl)cc(Br)c3)[nH]c2c1. The number of carboxylic acids is 1. The van der Waals surface area contributed by atoms with E-state index in [0.717, 1.165) is 10.0 Å². The number of carboxylic acid groups (broad SMARTS) is 1. The second-order valence-electron chi connectivity index (χ2n) is 4.75. The summed E-state index contributed by atoms with van der Waals surface area (Å²) in [5.74, 6) is -0.386. The van der Waals surface area contributed by atoms with Gasteiger partial charge in [0, 0.05) is 16.0 Å². The van der Waals surface area contributed by atoms with E-state index in [1.807, 2.05) is 18.2 Å². The summed E-state index contributed by atoms with van der Waals surface area (Å²) in [5.41, 5.74) is 2.61. The van der Waals surface area contributed by atoms with E-state index in [-0.39, 0.29) is 5.56 Å². The van der Waals surface area contributed by atoms with Crippen LogP contribution in [0.3, 0.4) is 0 Å². The minimum atomic E-state index is -0.963.